The third-order valence-electron chi connectivity index (χ3n) is 7.05. The third kappa shape index (κ3) is 4.32. The average molecular weight is 405 g/mol. The largest absolute Gasteiger partial charge is 0.369 e. The molecule has 1 aromatic rings. The number of benzene rings is 1. The summed E-state index contributed by atoms with van der Waals surface area (Å²) in [4.78, 5) is 20.1. The van der Waals surface area contributed by atoms with Crippen molar-refractivity contribution in [1.29, 1.82) is 0 Å². The summed E-state index contributed by atoms with van der Waals surface area (Å²) in [7, 11) is 0. The first kappa shape index (κ1) is 20.0. The summed E-state index contributed by atoms with van der Waals surface area (Å²) in [6.45, 7) is 10.7. The van der Waals surface area contributed by atoms with Gasteiger partial charge >= 0.3 is 0 Å². The topological polar surface area (TPSA) is 38.8 Å². The van der Waals surface area contributed by atoms with Crippen molar-refractivity contribution in [3.8, 4) is 0 Å². The molecule has 0 aliphatic carbocycles. The highest BCUT2D eigenvalue weighted by Gasteiger charge is 2.47. The Hall–Kier alpha value is -1.30. The van der Waals surface area contributed by atoms with Crippen molar-refractivity contribution in [3.05, 3.63) is 29.3 Å². The highest BCUT2D eigenvalue weighted by molar-refractivity contribution is 6.30. The molecule has 1 amide bonds. The van der Waals surface area contributed by atoms with Crippen molar-refractivity contribution in [1.82, 2.24) is 15.1 Å². The molecule has 0 radical (unpaired) electrons. The Morgan fingerprint density at radius 2 is 1.86 bits per heavy atom. The third-order valence-corrected chi connectivity index (χ3v) is 7.29. The van der Waals surface area contributed by atoms with Gasteiger partial charge in [-0.3, -0.25) is 9.69 Å². The first-order valence-electron chi connectivity index (χ1n) is 10.8. The summed E-state index contributed by atoms with van der Waals surface area (Å²) in [5.74, 6) is 0.319. The Morgan fingerprint density at radius 1 is 1.11 bits per heavy atom. The van der Waals surface area contributed by atoms with E-state index >= 15 is 0 Å². The molecule has 0 aromatic heterocycles. The maximum atomic E-state index is 12.7. The van der Waals surface area contributed by atoms with Crippen LogP contribution in [-0.2, 0) is 4.79 Å². The lowest BCUT2D eigenvalue weighted by atomic mass is 9.75. The Labute approximate surface area is 174 Å². The summed E-state index contributed by atoms with van der Waals surface area (Å²) in [6.07, 6.45) is 4.16. The maximum Gasteiger partial charge on any atom is 0.226 e. The van der Waals surface area contributed by atoms with Gasteiger partial charge < -0.3 is 15.1 Å². The molecule has 0 saturated carbocycles. The Bertz CT molecular complexity index is 681. The molecule has 0 unspecified atom stereocenters. The van der Waals surface area contributed by atoms with Crippen molar-refractivity contribution in [2.45, 2.75) is 38.6 Å². The van der Waals surface area contributed by atoms with Gasteiger partial charge in [-0.2, -0.15) is 0 Å². The van der Waals surface area contributed by atoms with E-state index in [4.69, 9.17) is 11.6 Å². The van der Waals surface area contributed by atoms with E-state index in [0.717, 1.165) is 83.1 Å². The van der Waals surface area contributed by atoms with Crippen LogP contribution in [0.1, 0.15) is 32.6 Å². The number of nitrogens with one attached hydrogen (secondary N) is 1. The SMILES string of the molecule is CCN1CCC2(CC1)C[C@@H](CCN1CCN(c3cccc(Cl)c3)CC1)NC2=O. The molecule has 1 N–H and O–H groups in total. The molecular weight excluding hydrogens is 372 g/mol. The molecule has 3 fully saturated rings. The predicted octanol–water partition coefficient (Wildman–Crippen LogP) is 2.84. The standard InChI is InChI=1S/C22H33ClN4O/c1-2-25-10-7-22(8-11-25)17-19(24-21(22)28)6-9-26-12-14-27(15-13-26)20-5-3-4-18(23)16-20/h3-5,16,19H,2,6-15,17H2,1H3,(H,24,28)/t19-/m1/s1. The van der Waals surface area contributed by atoms with Crippen molar-refractivity contribution < 1.29 is 4.79 Å². The van der Waals surface area contributed by atoms with Crippen LogP contribution in [0.15, 0.2) is 24.3 Å². The smallest absolute Gasteiger partial charge is 0.226 e. The van der Waals surface area contributed by atoms with Gasteiger partial charge in [-0.05, 0) is 63.5 Å². The lowest BCUT2D eigenvalue weighted by Gasteiger charge is -2.37. The summed E-state index contributed by atoms with van der Waals surface area (Å²) in [6, 6.07) is 8.49. The number of rotatable bonds is 5. The highest BCUT2D eigenvalue weighted by atomic mass is 35.5. The van der Waals surface area contributed by atoms with Crippen LogP contribution >= 0.6 is 11.6 Å². The molecule has 4 rings (SSSR count). The van der Waals surface area contributed by atoms with Crippen molar-refractivity contribution >= 4 is 23.2 Å². The molecule has 3 saturated heterocycles. The molecule has 0 bridgehead atoms. The zero-order valence-electron chi connectivity index (χ0n) is 17.0. The van der Waals surface area contributed by atoms with Gasteiger partial charge in [0, 0.05) is 49.5 Å². The van der Waals surface area contributed by atoms with Crippen molar-refractivity contribution in [2.75, 3.05) is 57.3 Å². The molecule has 3 heterocycles. The zero-order valence-corrected chi connectivity index (χ0v) is 17.8. The van der Waals surface area contributed by atoms with E-state index in [9.17, 15) is 4.79 Å². The van der Waals surface area contributed by atoms with Crippen LogP contribution in [-0.4, -0.2) is 74.1 Å². The van der Waals surface area contributed by atoms with Crippen molar-refractivity contribution in [3.63, 3.8) is 0 Å². The molecule has 5 nitrogen and oxygen atoms in total. The zero-order chi connectivity index (χ0) is 19.6. The maximum absolute atomic E-state index is 12.7. The van der Waals surface area contributed by atoms with Gasteiger partial charge in [0.2, 0.25) is 5.91 Å². The minimum Gasteiger partial charge on any atom is -0.369 e. The fraction of sp³-hybridized carbons (Fsp3) is 0.682. The predicted molar refractivity (Wildman–Crippen MR) is 115 cm³/mol. The quantitative estimate of drug-likeness (QED) is 0.819. The molecule has 28 heavy (non-hydrogen) atoms. The molecule has 1 aromatic carbocycles. The monoisotopic (exact) mass is 404 g/mol. The minimum atomic E-state index is -0.0817. The molecule has 3 aliphatic rings. The van der Waals surface area contributed by atoms with Crippen LogP contribution in [0.5, 0.6) is 0 Å². The number of carbonyl (C=O) groups is 1. The van der Waals surface area contributed by atoms with Gasteiger partial charge in [0.15, 0.2) is 0 Å². The number of likely N-dealkylation sites (tertiary alicyclic amines) is 1. The number of carbonyl (C=O) groups excluding carboxylic acids is 1. The summed E-state index contributed by atoms with van der Waals surface area (Å²) in [5.41, 5.74) is 1.14. The molecule has 6 heteroatoms. The lowest BCUT2D eigenvalue weighted by molar-refractivity contribution is -0.130. The highest BCUT2D eigenvalue weighted by Crippen LogP contribution is 2.41. The summed E-state index contributed by atoms with van der Waals surface area (Å²) >= 11 is 6.13. The number of nitrogens with zero attached hydrogens (tertiary/aromatic N) is 3. The molecule has 3 aliphatic heterocycles. The lowest BCUT2D eigenvalue weighted by Crippen LogP contribution is -2.47. The Kier molecular flexibility index (Phi) is 6.14. The van der Waals surface area contributed by atoms with Gasteiger partial charge in [0.25, 0.3) is 0 Å². The fourth-order valence-electron chi connectivity index (χ4n) is 5.10. The average Bonchev–Trinajstić information content (AvgIpc) is 3.02. The fourth-order valence-corrected chi connectivity index (χ4v) is 5.28. The van der Waals surface area contributed by atoms with Crippen LogP contribution in [0.25, 0.3) is 0 Å². The van der Waals surface area contributed by atoms with E-state index < -0.39 is 0 Å². The van der Waals surface area contributed by atoms with Gasteiger partial charge in [-0.15, -0.1) is 0 Å². The van der Waals surface area contributed by atoms with Gasteiger partial charge in [0.05, 0.1) is 5.41 Å². The number of anilines is 1. The number of hydrogen-bond donors (Lipinski definition) is 1. The van der Waals surface area contributed by atoms with Crippen LogP contribution in [0.3, 0.4) is 0 Å². The number of hydrogen-bond acceptors (Lipinski definition) is 4. The van der Waals surface area contributed by atoms with E-state index in [1.54, 1.807) is 0 Å². The minimum absolute atomic E-state index is 0.0817. The van der Waals surface area contributed by atoms with E-state index in [1.807, 2.05) is 12.1 Å². The van der Waals surface area contributed by atoms with Crippen LogP contribution in [0.4, 0.5) is 5.69 Å². The Morgan fingerprint density at radius 3 is 2.54 bits per heavy atom. The summed E-state index contributed by atoms with van der Waals surface area (Å²) < 4.78 is 0. The van der Waals surface area contributed by atoms with Crippen LogP contribution < -0.4 is 10.2 Å². The molecule has 154 valence electrons. The second-order valence-corrected chi connectivity index (χ2v) is 9.12. The number of halogens is 1. The second-order valence-electron chi connectivity index (χ2n) is 8.69. The summed E-state index contributed by atoms with van der Waals surface area (Å²) in [5, 5.41) is 4.12. The molecule has 1 spiro atoms. The second kappa shape index (κ2) is 8.60. The molecular formula is C22H33ClN4O. The number of piperazine rings is 1. The first-order valence-corrected chi connectivity index (χ1v) is 11.2. The van der Waals surface area contributed by atoms with Crippen LogP contribution in [0, 0.1) is 5.41 Å². The van der Waals surface area contributed by atoms with E-state index in [2.05, 4.69) is 39.1 Å². The van der Waals surface area contributed by atoms with Crippen LogP contribution in [0.2, 0.25) is 5.02 Å². The first-order chi connectivity index (χ1) is 13.6. The van der Waals surface area contributed by atoms with E-state index in [0.29, 0.717) is 11.9 Å². The van der Waals surface area contributed by atoms with E-state index in [1.165, 1.54) is 5.69 Å². The van der Waals surface area contributed by atoms with Crippen molar-refractivity contribution in [2.24, 2.45) is 5.41 Å². The Balaban J connectivity index is 1.22. The number of piperidine rings is 1. The van der Waals surface area contributed by atoms with E-state index in [-0.39, 0.29) is 5.41 Å². The van der Waals surface area contributed by atoms with Gasteiger partial charge in [-0.25, -0.2) is 0 Å². The normalized spacial score (nSPS) is 26.0. The van der Waals surface area contributed by atoms with Gasteiger partial charge in [-0.1, -0.05) is 24.6 Å². The molecule has 1 atom stereocenters. The van der Waals surface area contributed by atoms with Gasteiger partial charge in [0.1, 0.15) is 0 Å². The number of amides is 1.